The third-order valence-electron chi connectivity index (χ3n) is 5.35. The molecule has 0 saturated carbocycles. The molecule has 0 saturated heterocycles. The van der Waals surface area contributed by atoms with Crippen LogP contribution in [0.25, 0.3) is 0 Å². The Kier molecular flexibility index (Phi) is 26.5. The monoisotopic (exact) mass is 851 g/mol. The number of nitrogens with zero attached hydrogens (tertiary/aromatic N) is 3. The zero-order chi connectivity index (χ0) is 36.6. The Morgan fingerprint density at radius 1 is 0.580 bits per heavy atom. The van der Waals surface area contributed by atoms with Gasteiger partial charge in [-0.3, -0.25) is 9.59 Å². The smallest absolute Gasteiger partial charge is 0.493 e. The average molecular weight is 852 g/mol. The van der Waals surface area contributed by atoms with Gasteiger partial charge in [-0.25, -0.2) is 0 Å². The number of benzene rings is 2. The van der Waals surface area contributed by atoms with Crippen LogP contribution in [0, 0.1) is 97.6 Å². The first-order chi connectivity index (χ1) is 22.6. The van der Waals surface area contributed by atoms with Crippen molar-refractivity contribution < 1.29 is 77.5 Å². The van der Waals surface area contributed by atoms with Gasteiger partial charge in [-0.15, -0.1) is 0 Å². The first kappa shape index (κ1) is 48.6. The molecule has 0 atom stereocenters. The van der Waals surface area contributed by atoms with Gasteiger partial charge in [0, 0.05) is 34.9 Å². The Balaban J connectivity index is -0.000000650. The maximum absolute atomic E-state index is 11.9. The molecule has 0 spiro atoms. The second-order valence-electron chi connectivity index (χ2n) is 8.74. The van der Waals surface area contributed by atoms with Crippen LogP contribution in [0.4, 0.5) is 11.4 Å². The van der Waals surface area contributed by atoms with Gasteiger partial charge in [-0.2, -0.15) is 0 Å². The minimum absolute atomic E-state index is 0. The molecule has 0 radical (unpaired) electrons. The van der Waals surface area contributed by atoms with Crippen molar-refractivity contribution in [3.8, 4) is 0 Å². The van der Waals surface area contributed by atoms with Gasteiger partial charge in [0.25, 0.3) is 0 Å². The van der Waals surface area contributed by atoms with Gasteiger partial charge in [0.2, 0.25) is 11.6 Å². The van der Waals surface area contributed by atoms with E-state index >= 15 is 0 Å². The molecule has 50 heavy (non-hydrogen) atoms. The molecule has 0 aromatic heterocycles. The Morgan fingerprint density at radius 2 is 0.840 bits per heavy atom. The molecule has 2 aromatic carbocycles. The number of hydrogen-bond donors (Lipinski definition) is 2. The van der Waals surface area contributed by atoms with Crippen LogP contribution in [-0.4, -0.2) is 46.5 Å². The van der Waals surface area contributed by atoms with Crippen molar-refractivity contribution in [2.45, 2.75) is 13.8 Å². The van der Waals surface area contributed by atoms with Crippen LogP contribution in [0.2, 0.25) is 0 Å². The number of hydrogen-bond acceptors (Lipinski definition) is 15. The van der Waals surface area contributed by atoms with E-state index in [2.05, 4.69) is 10.6 Å². The molecule has 272 valence electrons. The van der Waals surface area contributed by atoms with E-state index in [0.29, 0.717) is 22.7 Å². The molecule has 2 aromatic rings. The van der Waals surface area contributed by atoms with E-state index in [1.165, 1.54) is 25.3 Å². The van der Waals surface area contributed by atoms with E-state index in [9.17, 15) is 9.59 Å². The molecular formula is C30H32HoN5O14. The van der Waals surface area contributed by atoms with Gasteiger partial charge in [0.1, 0.15) is 0 Å². The van der Waals surface area contributed by atoms with Crippen LogP contribution in [0.3, 0.4) is 0 Å². The van der Waals surface area contributed by atoms with E-state index in [0.717, 1.165) is 11.4 Å². The Bertz CT molecular complexity index is 1460. The number of Topliss-reactive ketones (excluding diaryl/α,β-unsaturated/α-hetero) is 2. The minimum Gasteiger partial charge on any atom is -0.493 e. The van der Waals surface area contributed by atoms with Crippen molar-refractivity contribution in [2.24, 2.45) is 0 Å². The molecule has 19 nitrogen and oxygen atoms in total. The second-order valence-corrected chi connectivity index (χ2v) is 8.74. The predicted molar refractivity (Wildman–Crippen MR) is 179 cm³/mol. The Morgan fingerprint density at radius 3 is 1.08 bits per heavy atom. The van der Waals surface area contributed by atoms with Crippen molar-refractivity contribution in [2.75, 3.05) is 24.9 Å². The van der Waals surface area contributed by atoms with E-state index in [-0.39, 0.29) is 54.8 Å². The number of ketones is 2. The zero-order valence-electron chi connectivity index (χ0n) is 26.7. The summed E-state index contributed by atoms with van der Waals surface area (Å²) in [5, 5.41) is 50.4. The summed E-state index contributed by atoms with van der Waals surface area (Å²) in [6.45, 7) is 4.07. The SMILES string of the molecule is COC1=CC=C/C(=C/Nc2ccc(C)cc2)C1=O.COC1=CC=C/C(=C/Nc2ccc(C)cc2)C1=O.O.O=[N+]([O-])[O-].O=[N+]([O-])[O-].O=[N+]([O-])[O-].[Ho+3]. The van der Waals surface area contributed by atoms with Crippen LogP contribution in [-0.2, 0) is 19.1 Å². The molecular weight excluding hydrogens is 819 g/mol. The molecule has 4 N–H and O–H groups in total. The summed E-state index contributed by atoms with van der Waals surface area (Å²) in [5.74, 6) is 0.489. The molecule has 0 fully saturated rings. The second kappa shape index (κ2) is 27.2. The Hall–Kier alpha value is -5.76. The van der Waals surface area contributed by atoms with Crippen LogP contribution in [0.1, 0.15) is 11.1 Å². The summed E-state index contributed by atoms with van der Waals surface area (Å²) in [6.07, 6.45) is 13.8. The largest absolute Gasteiger partial charge is 3.00 e. The first-order valence-corrected chi connectivity index (χ1v) is 13.1. The minimum atomic E-state index is -1.75. The van der Waals surface area contributed by atoms with E-state index in [1.54, 1.807) is 48.9 Å². The maximum Gasteiger partial charge on any atom is 3.00 e. The van der Waals surface area contributed by atoms with Gasteiger partial charge in [-0.05, 0) is 62.4 Å². The number of carbonyl (C=O) groups is 2. The maximum atomic E-state index is 11.9. The van der Waals surface area contributed by atoms with Gasteiger partial charge in [0.05, 0.1) is 29.5 Å². The Labute approximate surface area is 314 Å². The number of ether oxygens (including phenoxy) is 2. The first-order valence-electron chi connectivity index (χ1n) is 13.1. The summed E-state index contributed by atoms with van der Waals surface area (Å²) in [5.41, 5.74) is 5.45. The van der Waals surface area contributed by atoms with Crippen LogP contribution in [0.5, 0.6) is 0 Å². The number of nitrogens with one attached hydrogen (secondary N) is 2. The number of rotatable bonds is 6. The molecule has 0 heterocycles. The molecule has 2 aliphatic rings. The number of allylic oxidation sites excluding steroid dienone is 8. The van der Waals surface area contributed by atoms with E-state index in [4.69, 9.17) is 55.4 Å². The zero-order valence-corrected chi connectivity index (χ0v) is 28.6. The van der Waals surface area contributed by atoms with Gasteiger partial charge in [0.15, 0.2) is 11.5 Å². The molecule has 2 aliphatic carbocycles. The van der Waals surface area contributed by atoms with Crippen molar-refractivity contribution in [3.63, 3.8) is 0 Å². The summed E-state index contributed by atoms with van der Waals surface area (Å²) >= 11 is 0. The van der Waals surface area contributed by atoms with Gasteiger partial charge in [-0.1, -0.05) is 47.5 Å². The molecule has 0 amide bonds. The normalized spacial score (nSPS) is 13.4. The van der Waals surface area contributed by atoms with Crippen LogP contribution < -0.4 is 10.6 Å². The quantitative estimate of drug-likeness (QED) is 0.176. The summed E-state index contributed by atoms with van der Waals surface area (Å²) in [4.78, 5) is 48.5. The molecule has 0 unspecified atom stereocenters. The fourth-order valence-corrected chi connectivity index (χ4v) is 3.24. The predicted octanol–water partition coefficient (Wildman–Crippen LogP) is 4.38. The van der Waals surface area contributed by atoms with Crippen LogP contribution >= 0.6 is 0 Å². The number of carbonyl (C=O) groups excluding carboxylic acids is 2. The van der Waals surface area contributed by atoms with Crippen molar-refractivity contribution in [1.29, 1.82) is 0 Å². The van der Waals surface area contributed by atoms with Crippen molar-refractivity contribution in [3.05, 3.63) is 177 Å². The third-order valence-corrected chi connectivity index (χ3v) is 5.35. The van der Waals surface area contributed by atoms with Crippen molar-refractivity contribution >= 4 is 22.9 Å². The molecule has 0 aliphatic heterocycles. The van der Waals surface area contributed by atoms with Gasteiger partial charge >= 0.3 is 37.7 Å². The topological polar surface area (TPSA) is 307 Å². The number of aryl methyl sites for hydroxylation is 2. The number of methoxy groups -OCH3 is 2. The van der Waals surface area contributed by atoms with Crippen LogP contribution in [0.15, 0.2) is 120 Å². The molecule has 0 bridgehead atoms. The summed E-state index contributed by atoms with van der Waals surface area (Å²) in [7, 11) is 2.99. The summed E-state index contributed by atoms with van der Waals surface area (Å²) < 4.78 is 9.99. The van der Waals surface area contributed by atoms with E-state index < -0.39 is 15.3 Å². The van der Waals surface area contributed by atoms with Gasteiger partial charge < -0.3 is 71.5 Å². The molecule has 4 rings (SSSR count). The standard InChI is InChI=1S/2C15H15NO2.Ho.3NO3.H2O/c2*1-11-6-8-13(9-7-11)16-10-12-4-3-5-14(18-2)15(12)17;;3*2-1(3)4;/h2*3-10,16H,1-2H3;;;;;1H2/q;;+3;3*-1;/b2*12-10-;;;;;. The third kappa shape index (κ3) is 22.7. The van der Waals surface area contributed by atoms with Crippen molar-refractivity contribution in [1.82, 2.24) is 0 Å². The average Bonchev–Trinajstić information content (AvgIpc) is 3.01. The summed E-state index contributed by atoms with van der Waals surface area (Å²) in [6, 6.07) is 15.9. The fraction of sp³-hybridized carbons (Fsp3) is 0.133. The number of anilines is 2. The fourth-order valence-electron chi connectivity index (χ4n) is 3.24. The van der Waals surface area contributed by atoms with E-state index in [1.807, 2.05) is 62.4 Å². The molecule has 20 heteroatoms.